The second kappa shape index (κ2) is 7.11. The van der Waals surface area contributed by atoms with Crippen molar-refractivity contribution in [2.75, 3.05) is 20.3 Å². The van der Waals surface area contributed by atoms with Gasteiger partial charge in [-0.05, 0) is 35.6 Å². The van der Waals surface area contributed by atoms with Crippen molar-refractivity contribution in [3.8, 4) is 11.1 Å². The van der Waals surface area contributed by atoms with Crippen molar-refractivity contribution < 1.29 is 9.02 Å². The Labute approximate surface area is 146 Å². The van der Waals surface area contributed by atoms with Gasteiger partial charge < -0.3 is 10.5 Å². The summed E-state index contributed by atoms with van der Waals surface area (Å²) in [7, 11) is 1.74. The van der Waals surface area contributed by atoms with Gasteiger partial charge in [-0.1, -0.05) is 31.2 Å². The Hall–Kier alpha value is -2.24. The minimum absolute atomic E-state index is 0. The van der Waals surface area contributed by atoms with Crippen LogP contribution in [0.25, 0.3) is 22.2 Å². The minimum Gasteiger partial charge on any atom is -0.385 e. The topological polar surface area (TPSA) is 76.8 Å². The summed E-state index contributed by atoms with van der Waals surface area (Å²) < 4.78 is 5.19. The normalized spacial score (nSPS) is 14.0. The highest BCUT2D eigenvalue weighted by atomic mass is 16.5. The Kier molecular flexibility index (Phi) is 4.92. The fraction of sp³-hybridized carbons (Fsp3) is 0.368. The number of H-pyrrole nitrogens is 1. The van der Waals surface area contributed by atoms with Gasteiger partial charge in [0.2, 0.25) is 0 Å². The number of hydrogen-bond acceptors (Lipinski definition) is 4. The van der Waals surface area contributed by atoms with Crippen molar-refractivity contribution in [2.24, 2.45) is 5.73 Å². The largest absolute Gasteiger partial charge is 0.385 e. The SMILES string of the molecule is COCCCC(C)(CN)c1cccc(-c2ccnc3[nH]ncc23)c1.[HH].[HH].[HH]. The number of benzene rings is 1. The van der Waals surface area contributed by atoms with Crippen LogP contribution in [0.15, 0.2) is 42.7 Å². The highest BCUT2D eigenvalue weighted by Gasteiger charge is 2.25. The van der Waals surface area contributed by atoms with E-state index in [-0.39, 0.29) is 9.69 Å². The van der Waals surface area contributed by atoms with Crippen LogP contribution >= 0.6 is 0 Å². The van der Waals surface area contributed by atoms with E-state index in [1.54, 1.807) is 7.11 Å². The lowest BCUT2D eigenvalue weighted by Crippen LogP contribution is -2.32. The summed E-state index contributed by atoms with van der Waals surface area (Å²) in [6, 6.07) is 10.7. The maximum atomic E-state index is 6.12. The average Bonchev–Trinajstić information content (AvgIpc) is 3.10. The van der Waals surface area contributed by atoms with Gasteiger partial charge in [0.05, 0.1) is 6.20 Å². The molecule has 3 rings (SSSR count). The molecule has 0 saturated heterocycles. The van der Waals surface area contributed by atoms with E-state index >= 15 is 0 Å². The Bertz CT molecular complexity index is 827. The lowest BCUT2D eigenvalue weighted by molar-refractivity contribution is 0.184. The number of hydrogen-bond donors (Lipinski definition) is 2. The first kappa shape index (κ1) is 16.6. The second-order valence-corrected chi connectivity index (χ2v) is 6.43. The molecule has 5 heteroatoms. The van der Waals surface area contributed by atoms with E-state index in [0.29, 0.717) is 6.54 Å². The molecule has 0 fully saturated rings. The summed E-state index contributed by atoms with van der Waals surface area (Å²) >= 11 is 0. The van der Waals surface area contributed by atoms with Crippen molar-refractivity contribution in [1.82, 2.24) is 15.2 Å². The molecule has 3 aromatic rings. The van der Waals surface area contributed by atoms with Crippen molar-refractivity contribution in [3.63, 3.8) is 0 Å². The van der Waals surface area contributed by atoms with E-state index < -0.39 is 0 Å². The number of pyridine rings is 1. The monoisotopic (exact) mass is 330 g/mol. The van der Waals surface area contributed by atoms with Gasteiger partial charge in [-0.15, -0.1) is 0 Å². The smallest absolute Gasteiger partial charge is 0.155 e. The first-order valence-electron chi connectivity index (χ1n) is 8.26. The molecule has 132 valence electrons. The van der Waals surface area contributed by atoms with Crippen LogP contribution in [0, 0.1) is 0 Å². The van der Waals surface area contributed by atoms with Crippen LogP contribution in [0.1, 0.15) is 29.6 Å². The van der Waals surface area contributed by atoms with E-state index in [1.807, 2.05) is 18.5 Å². The first-order valence-corrected chi connectivity index (χ1v) is 8.26. The van der Waals surface area contributed by atoms with Crippen LogP contribution in [0.2, 0.25) is 0 Å². The molecule has 24 heavy (non-hydrogen) atoms. The van der Waals surface area contributed by atoms with Gasteiger partial charge >= 0.3 is 0 Å². The van der Waals surface area contributed by atoms with Crippen LogP contribution in [-0.4, -0.2) is 35.4 Å². The quantitative estimate of drug-likeness (QED) is 0.642. The van der Waals surface area contributed by atoms with E-state index in [2.05, 4.69) is 46.4 Å². The predicted octanol–water partition coefficient (Wildman–Crippen LogP) is 4.01. The molecular formula is C19H30N4O. The van der Waals surface area contributed by atoms with Gasteiger partial charge in [0, 0.05) is 41.5 Å². The molecule has 1 aromatic carbocycles. The van der Waals surface area contributed by atoms with Crippen molar-refractivity contribution in [2.45, 2.75) is 25.2 Å². The molecule has 2 aromatic heterocycles. The fourth-order valence-electron chi connectivity index (χ4n) is 3.14. The van der Waals surface area contributed by atoms with Crippen LogP contribution in [0.3, 0.4) is 0 Å². The third-order valence-corrected chi connectivity index (χ3v) is 4.75. The molecule has 0 aliphatic heterocycles. The zero-order valence-electron chi connectivity index (χ0n) is 14.2. The predicted molar refractivity (Wildman–Crippen MR) is 103 cm³/mol. The first-order chi connectivity index (χ1) is 11.7. The Balaban J connectivity index is 0.00000225. The van der Waals surface area contributed by atoms with Gasteiger partial charge in [-0.3, -0.25) is 5.10 Å². The number of nitrogens with zero attached hydrogens (tertiary/aromatic N) is 2. The Morgan fingerprint density at radius 1 is 1.33 bits per heavy atom. The van der Waals surface area contributed by atoms with Gasteiger partial charge in [0.25, 0.3) is 0 Å². The molecule has 2 heterocycles. The third kappa shape index (κ3) is 3.18. The third-order valence-electron chi connectivity index (χ3n) is 4.75. The van der Waals surface area contributed by atoms with E-state index in [4.69, 9.17) is 10.5 Å². The zero-order chi connectivity index (χ0) is 17.0. The van der Waals surface area contributed by atoms with Gasteiger partial charge in [0.15, 0.2) is 5.65 Å². The van der Waals surface area contributed by atoms with E-state index in [0.717, 1.165) is 41.6 Å². The number of fused-ring (bicyclic) bond motifs is 1. The average molecular weight is 330 g/mol. The summed E-state index contributed by atoms with van der Waals surface area (Å²) in [5.74, 6) is 0. The van der Waals surface area contributed by atoms with Gasteiger partial charge in [-0.25, -0.2) is 4.98 Å². The lowest BCUT2D eigenvalue weighted by Gasteiger charge is -2.29. The molecule has 3 N–H and O–H groups in total. The molecular weight excluding hydrogens is 300 g/mol. The Morgan fingerprint density at radius 2 is 2.21 bits per heavy atom. The molecule has 0 aliphatic carbocycles. The summed E-state index contributed by atoms with van der Waals surface area (Å²) in [5.41, 5.74) is 10.4. The highest BCUT2D eigenvalue weighted by molar-refractivity contribution is 5.92. The number of methoxy groups -OCH3 is 1. The van der Waals surface area contributed by atoms with E-state index in [9.17, 15) is 0 Å². The lowest BCUT2D eigenvalue weighted by atomic mass is 9.78. The van der Waals surface area contributed by atoms with E-state index in [1.165, 1.54) is 5.56 Å². The fourth-order valence-corrected chi connectivity index (χ4v) is 3.14. The van der Waals surface area contributed by atoms with Crippen molar-refractivity contribution in [3.05, 3.63) is 48.3 Å². The van der Waals surface area contributed by atoms with Gasteiger partial charge in [0.1, 0.15) is 0 Å². The number of ether oxygens (including phenoxy) is 1. The van der Waals surface area contributed by atoms with Crippen LogP contribution in [0.4, 0.5) is 0 Å². The van der Waals surface area contributed by atoms with Crippen LogP contribution < -0.4 is 5.73 Å². The molecule has 0 spiro atoms. The maximum Gasteiger partial charge on any atom is 0.155 e. The summed E-state index contributed by atoms with van der Waals surface area (Å²) in [6.45, 7) is 3.59. The maximum absolute atomic E-state index is 6.12. The molecule has 1 unspecified atom stereocenters. The van der Waals surface area contributed by atoms with Crippen LogP contribution in [0.5, 0.6) is 0 Å². The number of nitrogens with two attached hydrogens (primary N) is 1. The van der Waals surface area contributed by atoms with Crippen molar-refractivity contribution in [1.29, 1.82) is 0 Å². The molecule has 0 radical (unpaired) electrons. The molecule has 0 bridgehead atoms. The zero-order valence-corrected chi connectivity index (χ0v) is 14.2. The molecule has 5 nitrogen and oxygen atoms in total. The number of aromatic nitrogens is 3. The molecule has 1 atom stereocenters. The second-order valence-electron chi connectivity index (χ2n) is 6.43. The summed E-state index contributed by atoms with van der Waals surface area (Å²) in [4.78, 5) is 4.31. The Morgan fingerprint density at radius 3 is 3.00 bits per heavy atom. The molecule has 0 aliphatic rings. The number of aromatic amines is 1. The molecule has 0 amide bonds. The molecule has 0 saturated carbocycles. The summed E-state index contributed by atoms with van der Waals surface area (Å²) in [5, 5.41) is 8.06. The standard InChI is InChI=1S/C19H24N4O.3H2/c1-19(13-20,8-4-10-24-2)15-6-3-5-14(11-15)16-7-9-21-18-17(16)12-22-23-18;;;/h3,5-7,9,11-12H,4,8,10,13,20H2,1-2H3,(H,21,22,23);3*1H. The highest BCUT2D eigenvalue weighted by Crippen LogP contribution is 2.33. The summed E-state index contributed by atoms with van der Waals surface area (Å²) in [6.07, 6.45) is 5.63. The minimum atomic E-state index is -0.0585. The number of rotatable bonds is 7. The number of nitrogens with one attached hydrogen (secondary N) is 1. The van der Waals surface area contributed by atoms with Crippen LogP contribution in [-0.2, 0) is 10.2 Å². The van der Waals surface area contributed by atoms with Gasteiger partial charge in [-0.2, -0.15) is 5.10 Å². The van der Waals surface area contributed by atoms with Crippen molar-refractivity contribution >= 4 is 11.0 Å².